The highest BCUT2D eigenvalue weighted by molar-refractivity contribution is 8.00. The molecule has 1 amide bonds. The van der Waals surface area contributed by atoms with E-state index in [2.05, 4.69) is 25.8 Å². The Morgan fingerprint density at radius 2 is 2.07 bits per heavy atom. The van der Waals surface area contributed by atoms with Crippen LogP contribution in [0.4, 0.5) is 5.13 Å². The first-order valence-corrected chi connectivity index (χ1v) is 17.2. The Morgan fingerprint density at radius 1 is 1.24 bits per heavy atom. The number of aliphatic imine (C=N–C) groups is 1. The summed E-state index contributed by atoms with van der Waals surface area (Å²) in [6.45, 7) is 0.928. The van der Waals surface area contributed by atoms with Crippen LogP contribution in [0, 0.1) is 5.92 Å². The Hall–Kier alpha value is -4.48. The van der Waals surface area contributed by atoms with Gasteiger partial charge in [-0.05, 0) is 24.5 Å². The number of aromatic nitrogens is 4. The number of ketones is 1. The van der Waals surface area contributed by atoms with Crippen molar-refractivity contribution in [1.29, 1.82) is 0 Å². The number of Topliss-reactive ketones (excluding diaryl/α,β-unsaturated/α-hetero) is 1. The topological polar surface area (TPSA) is 187 Å². The minimum Gasteiger partial charge on any atom is -0.477 e. The van der Waals surface area contributed by atoms with Crippen molar-refractivity contribution in [2.75, 3.05) is 18.6 Å². The van der Waals surface area contributed by atoms with Gasteiger partial charge in [-0.1, -0.05) is 5.16 Å². The van der Waals surface area contributed by atoms with Gasteiger partial charge in [0.2, 0.25) is 5.91 Å². The van der Waals surface area contributed by atoms with Crippen molar-refractivity contribution < 1.29 is 28.9 Å². The second kappa shape index (κ2) is 12.0. The zero-order valence-electron chi connectivity index (χ0n) is 24.6. The highest BCUT2D eigenvalue weighted by Gasteiger charge is 2.54. The second-order valence-corrected chi connectivity index (χ2v) is 14.2. The summed E-state index contributed by atoms with van der Waals surface area (Å²) < 4.78 is 5.99. The van der Waals surface area contributed by atoms with E-state index in [1.165, 1.54) is 23.8 Å². The van der Waals surface area contributed by atoms with Gasteiger partial charge in [-0.3, -0.25) is 19.5 Å². The van der Waals surface area contributed by atoms with Crippen molar-refractivity contribution in [2.45, 2.75) is 43.8 Å². The molecule has 238 valence electrons. The molecule has 14 nitrogen and oxygen atoms in total. The molecule has 0 bridgehead atoms. The molecule has 2 aliphatic heterocycles. The van der Waals surface area contributed by atoms with Crippen LogP contribution in [0.3, 0.4) is 0 Å². The van der Waals surface area contributed by atoms with Crippen LogP contribution in [-0.2, 0) is 32.3 Å². The molecule has 0 radical (unpaired) electrons. The molecule has 0 aromatic carbocycles. The standard InChI is InChI=1S/C29H29N9O5S3/c1-43-34-23(20-14-46-29(31)33-20)21(39)9-19-26(40)38-24(28(41)42)16(13-45-27(19)38)10-36-5-4-22-35(6-7-37(22)36)11-18-8-15(12-44-18)25(30)32-17-2-3-17/h4-8,12,14,17,19,27H,2-3,9-11,13H2,1H3,(H4-,30,31,32,33,41,42)/p+1/b34-23-/t19-,27-/m1/s1. The smallest absolute Gasteiger partial charge is 0.352 e. The molecule has 4 aromatic rings. The predicted molar refractivity (Wildman–Crippen MR) is 174 cm³/mol. The van der Waals surface area contributed by atoms with Gasteiger partial charge in [-0.15, -0.1) is 39.0 Å². The fourth-order valence-electron chi connectivity index (χ4n) is 5.70. The first-order chi connectivity index (χ1) is 22.2. The minimum atomic E-state index is -1.18. The first kappa shape index (κ1) is 30.2. The van der Waals surface area contributed by atoms with Gasteiger partial charge < -0.3 is 21.4 Å². The summed E-state index contributed by atoms with van der Waals surface area (Å²) in [6, 6.07) is 4.41. The van der Waals surface area contributed by atoms with Crippen molar-refractivity contribution in [3.63, 3.8) is 0 Å². The average Bonchev–Trinajstić information content (AvgIpc) is 3.39. The lowest BCUT2D eigenvalue weighted by Gasteiger charge is -2.49. The normalized spacial score (nSPS) is 20.3. The summed E-state index contributed by atoms with van der Waals surface area (Å²) >= 11 is 4.24. The number of carbonyl (C=O) groups is 3. The summed E-state index contributed by atoms with van der Waals surface area (Å²) in [5.74, 6) is -1.73. The largest absolute Gasteiger partial charge is 0.477 e. The number of oxime groups is 1. The first-order valence-electron chi connectivity index (χ1n) is 14.4. The average molecular weight is 681 g/mol. The van der Waals surface area contributed by atoms with E-state index in [0.717, 1.165) is 40.3 Å². The predicted octanol–water partition coefficient (Wildman–Crippen LogP) is 1.92. The number of anilines is 1. The van der Waals surface area contributed by atoms with Crippen LogP contribution in [0.2, 0.25) is 0 Å². The van der Waals surface area contributed by atoms with Gasteiger partial charge >= 0.3 is 11.6 Å². The number of carbonyl (C=O) groups excluding carboxylic acids is 2. The van der Waals surface area contributed by atoms with Crippen molar-refractivity contribution >= 4 is 74.4 Å². The van der Waals surface area contributed by atoms with E-state index >= 15 is 0 Å². The molecular formula is C29H30N9O5S3+. The minimum absolute atomic E-state index is 0.0242. The number of rotatable bonds is 12. The van der Waals surface area contributed by atoms with Gasteiger partial charge in [-0.2, -0.15) is 0 Å². The fraction of sp³-hybridized carbons (Fsp3) is 0.345. The van der Waals surface area contributed by atoms with Gasteiger partial charge in [0.15, 0.2) is 22.8 Å². The molecular weight excluding hydrogens is 651 g/mol. The van der Waals surface area contributed by atoms with E-state index in [0.29, 0.717) is 29.7 Å². The molecule has 4 aromatic heterocycles. The number of carboxylic acids is 1. The molecule has 3 aliphatic rings. The van der Waals surface area contributed by atoms with Crippen LogP contribution in [0.15, 0.2) is 62.9 Å². The third-order valence-corrected chi connectivity index (χ3v) is 11.1. The molecule has 1 aliphatic carbocycles. The Balaban J connectivity index is 1.06. The molecule has 6 heterocycles. The third kappa shape index (κ3) is 5.58. The summed E-state index contributed by atoms with van der Waals surface area (Å²) in [4.78, 5) is 54.9. The number of nitrogen functional groups attached to an aromatic ring is 1. The van der Waals surface area contributed by atoms with Crippen molar-refractivity contribution in [2.24, 2.45) is 21.8 Å². The number of carboxylic acid groups (broad SMARTS) is 1. The van der Waals surface area contributed by atoms with E-state index in [4.69, 9.17) is 16.3 Å². The number of thiophene rings is 1. The van der Waals surface area contributed by atoms with Gasteiger partial charge in [-0.25, -0.2) is 19.0 Å². The molecule has 1 saturated carbocycles. The summed E-state index contributed by atoms with van der Waals surface area (Å²) in [7, 11) is 1.32. The lowest BCUT2D eigenvalue weighted by molar-refractivity contribution is -0.661. The Labute approximate surface area is 274 Å². The molecule has 1 saturated heterocycles. The number of aliphatic carboxylic acids is 1. The van der Waals surface area contributed by atoms with Crippen LogP contribution in [0.1, 0.15) is 35.4 Å². The number of amidine groups is 1. The molecule has 7 rings (SSSR count). The molecule has 2 atom stereocenters. The SMILES string of the molecule is CO/N=C(\C(=O)C[C@@H]1C(=O)N2C(C(=O)O)=C(Cn3ccc4n3cc[n+]4Cc3cc(C(N)=NC4CC4)cs3)CS[C@H]12)c1csc(N)n1. The van der Waals surface area contributed by atoms with E-state index in [1.54, 1.807) is 16.7 Å². The Bertz CT molecular complexity index is 1960. The van der Waals surface area contributed by atoms with E-state index in [1.807, 2.05) is 39.2 Å². The van der Waals surface area contributed by atoms with Gasteiger partial charge in [0.25, 0.3) is 0 Å². The number of nitrogens with two attached hydrogens (primary N) is 2. The highest BCUT2D eigenvalue weighted by Crippen LogP contribution is 2.45. The van der Waals surface area contributed by atoms with E-state index in [9.17, 15) is 19.5 Å². The Morgan fingerprint density at radius 3 is 2.78 bits per heavy atom. The molecule has 2 fully saturated rings. The zero-order valence-corrected chi connectivity index (χ0v) is 27.1. The molecule has 17 heteroatoms. The van der Waals surface area contributed by atoms with E-state index in [-0.39, 0.29) is 35.2 Å². The number of thiazole rings is 1. The Kier molecular flexibility index (Phi) is 7.90. The summed E-state index contributed by atoms with van der Waals surface area (Å²) in [5, 5.41) is 17.5. The highest BCUT2D eigenvalue weighted by atomic mass is 32.2. The monoisotopic (exact) mass is 680 g/mol. The number of thioether (sulfide) groups is 1. The number of imidazole rings is 1. The number of β-lactam (4-membered cyclic amide) rings is 1. The number of hydrogen-bond donors (Lipinski definition) is 3. The molecule has 0 spiro atoms. The van der Waals surface area contributed by atoms with Crippen molar-refractivity contribution in [3.05, 3.63) is 68.9 Å². The number of fused-ring (bicyclic) bond motifs is 2. The molecule has 46 heavy (non-hydrogen) atoms. The second-order valence-electron chi connectivity index (χ2n) is 11.2. The van der Waals surface area contributed by atoms with Crippen LogP contribution in [0.25, 0.3) is 5.65 Å². The van der Waals surface area contributed by atoms with E-state index < -0.39 is 29.0 Å². The maximum Gasteiger partial charge on any atom is 0.352 e. The van der Waals surface area contributed by atoms with Crippen LogP contribution < -0.4 is 16.0 Å². The zero-order chi connectivity index (χ0) is 32.1. The number of hydrogen-bond acceptors (Lipinski definition) is 11. The quantitative estimate of drug-likeness (QED) is 0.0661. The maximum absolute atomic E-state index is 13.3. The fourth-order valence-corrected chi connectivity index (χ4v) is 8.53. The number of nitrogens with zero attached hydrogens (tertiary/aromatic N) is 7. The molecule has 5 N–H and O–H groups in total. The summed E-state index contributed by atoms with van der Waals surface area (Å²) in [5.41, 5.74) is 14.6. The van der Waals surface area contributed by atoms with Crippen molar-refractivity contribution in [3.8, 4) is 0 Å². The summed E-state index contributed by atoms with van der Waals surface area (Å²) in [6.07, 6.45) is 7.86. The maximum atomic E-state index is 13.3. The molecule has 0 unspecified atom stereocenters. The van der Waals surface area contributed by atoms with Crippen molar-refractivity contribution in [1.82, 2.24) is 19.1 Å². The van der Waals surface area contributed by atoms with Crippen LogP contribution in [-0.4, -0.2) is 77.7 Å². The lowest BCUT2D eigenvalue weighted by Crippen LogP contribution is -2.62. The van der Waals surface area contributed by atoms with Gasteiger partial charge in [0.05, 0.1) is 36.1 Å². The van der Waals surface area contributed by atoms with Crippen LogP contribution >= 0.6 is 34.4 Å². The van der Waals surface area contributed by atoms with Gasteiger partial charge in [0.1, 0.15) is 37.1 Å². The number of amides is 1. The third-order valence-electron chi connectivity index (χ3n) is 8.06. The van der Waals surface area contributed by atoms with Crippen LogP contribution in [0.5, 0.6) is 0 Å². The lowest BCUT2D eigenvalue weighted by atomic mass is 9.89. The van der Waals surface area contributed by atoms with Gasteiger partial charge in [0, 0.05) is 33.4 Å².